The summed E-state index contributed by atoms with van der Waals surface area (Å²) < 4.78 is 1.21. The molecule has 7 nitrogen and oxygen atoms in total. The molecular formula is C20H24N4O3. The Morgan fingerprint density at radius 3 is 2.81 bits per heavy atom. The topological polar surface area (TPSA) is 93.1 Å². The van der Waals surface area contributed by atoms with E-state index in [1.807, 2.05) is 6.92 Å². The van der Waals surface area contributed by atoms with Gasteiger partial charge in [-0.05, 0) is 56.1 Å². The van der Waals surface area contributed by atoms with E-state index in [4.69, 9.17) is 0 Å². The molecule has 0 saturated heterocycles. The average Bonchev–Trinajstić information content (AvgIpc) is 3.27. The van der Waals surface area contributed by atoms with Gasteiger partial charge in [0.1, 0.15) is 6.54 Å². The molecule has 27 heavy (non-hydrogen) atoms. The first kappa shape index (κ1) is 17.7. The molecule has 7 heteroatoms. The van der Waals surface area contributed by atoms with Crippen molar-refractivity contribution in [2.45, 2.75) is 45.2 Å². The van der Waals surface area contributed by atoms with Crippen molar-refractivity contribution in [3.63, 3.8) is 0 Å². The van der Waals surface area contributed by atoms with Crippen LogP contribution in [0, 0.1) is 17.8 Å². The lowest BCUT2D eigenvalue weighted by Crippen LogP contribution is -2.48. The first-order valence-electron chi connectivity index (χ1n) is 9.56. The van der Waals surface area contributed by atoms with Crippen LogP contribution in [-0.4, -0.2) is 27.5 Å². The fourth-order valence-electron chi connectivity index (χ4n) is 4.80. The first-order valence-corrected chi connectivity index (χ1v) is 9.56. The van der Waals surface area contributed by atoms with Gasteiger partial charge in [0.15, 0.2) is 0 Å². The maximum Gasteiger partial charge on any atom is 0.321 e. The molecule has 1 aromatic heterocycles. The minimum Gasteiger partial charge on any atom is -0.335 e. The molecule has 2 aromatic rings. The SMILES string of the molecule is CC(NC(=O)NC(=O)Cn1cnc2ccccc2c1=O)C1CC2CCC1C2. The van der Waals surface area contributed by atoms with Gasteiger partial charge in [-0.15, -0.1) is 0 Å². The van der Waals surface area contributed by atoms with Crippen molar-refractivity contribution in [2.24, 2.45) is 17.8 Å². The molecule has 1 aromatic carbocycles. The number of para-hydroxylation sites is 1. The third kappa shape index (κ3) is 3.59. The van der Waals surface area contributed by atoms with E-state index in [-0.39, 0.29) is 18.1 Å². The van der Waals surface area contributed by atoms with Crippen molar-refractivity contribution < 1.29 is 9.59 Å². The van der Waals surface area contributed by atoms with Gasteiger partial charge < -0.3 is 5.32 Å². The zero-order chi connectivity index (χ0) is 19.0. The van der Waals surface area contributed by atoms with Gasteiger partial charge in [0, 0.05) is 6.04 Å². The number of nitrogens with one attached hydrogen (secondary N) is 2. The molecule has 2 bridgehead atoms. The Hall–Kier alpha value is -2.70. The summed E-state index contributed by atoms with van der Waals surface area (Å²) in [5.41, 5.74) is 0.281. The lowest BCUT2D eigenvalue weighted by Gasteiger charge is -2.28. The Balaban J connectivity index is 1.34. The summed E-state index contributed by atoms with van der Waals surface area (Å²) in [5, 5.41) is 5.67. The van der Waals surface area contributed by atoms with Crippen molar-refractivity contribution in [3.8, 4) is 0 Å². The number of hydrogen-bond acceptors (Lipinski definition) is 4. The smallest absolute Gasteiger partial charge is 0.321 e. The molecular weight excluding hydrogens is 344 g/mol. The molecule has 2 aliphatic carbocycles. The van der Waals surface area contributed by atoms with Crippen LogP contribution in [0.3, 0.4) is 0 Å². The van der Waals surface area contributed by atoms with Gasteiger partial charge in [0.2, 0.25) is 5.91 Å². The Labute approximate surface area is 157 Å². The number of carbonyl (C=O) groups excluding carboxylic acids is 2. The molecule has 142 valence electrons. The van der Waals surface area contributed by atoms with Crippen LogP contribution in [-0.2, 0) is 11.3 Å². The van der Waals surface area contributed by atoms with Crippen LogP contribution in [0.2, 0.25) is 0 Å². The minimum absolute atomic E-state index is 0.0400. The second-order valence-corrected chi connectivity index (χ2v) is 7.84. The summed E-state index contributed by atoms with van der Waals surface area (Å²) in [6.45, 7) is 1.76. The molecule has 1 heterocycles. The number of rotatable bonds is 4. The molecule has 0 aliphatic heterocycles. The molecule has 2 saturated carbocycles. The van der Waals surface area contributed by atoms with Gasteiger partial charge in [0.05, 0.1) is 17.2 Å². The summed E-state index contributed by atoms with van der Waals surface area (Å²) in [7, 11) is 0. The minimum atomic E-state index is -0.535. The first-order chi connectivity index (χ1) is 13.0. The van der Waals surface area contributed by atoms with Crippen molar-refractivity contribution in [2.75, 3.05) is 0 Å². The van der Waals surface area contributed by atoms with E-state index in [0.29, 0.717) is 22.7 Å². The summed E-state index contributed by atoms with van der Waals surface area (Å²) in [5.74, 6) is 1.47. The summed E-state index contributed by atoms with van der Waals surface area (Å²) in [6.07, 6.45) is 6.33. The Bertz CT molecular complexity index is 938. The highest BCUT2D eigenvalue weighted by atomic mass is 16.2. The van der Waals surface area contributed by atoms with Crippen molar-refractivity contribution >= 4 is 22.8 Å². The Kier molecular flexibility index (Phi) is 4.68. The molecule has 4 atom stereocenters. The van der Waals surface area contributed by atoms with Crippen LogP contribution in [0.4, 0.5) is 4.79 Å². The molecule has 4 rings (SSSR count). The number of carbonyl (C=O) groups is 2. The van der Waals surface area contributed by atoms with E-state index >= 15 is 0 Å². The molecule has 4 unspecified atom stereocenters. The van der Waals surface area contributed by atoms with Gasteiger partial charge in [-0.2, -0.15) is 0 Å². The number of amides is 3. The lowest BCUT2D eigenvalue weighted by molar-refractivity contribution is -0.120. The van der Waals surface area contributed by atoms with Gasteiger partial charge in [-0.25, -0.2) is 9.78 Å². The van der Waals surface area contributed by atoms with Crippen LogP contribution in [0.25, 0.3) is 10.9 Å². The number of benzene rings is 1. The second kappa shape index (κ2) is 7.13. The highest BCUT2D eigenvalue weighted by Crippen LogP contribution is 2.49. The predicted octanol–water partition coefficient (Wildman–Crippen LogP) is 2.05. The number of fused-ring (bicyclic) bond motifs is 3. The molecule has 0 spiro atoms. The summed E-state index contributed by atoms with van der Waals surface area (Å²) in [6, 6.07) is 6.50. The van der Waals surface area contributed by atoms with Crippen LogP contribution in [0.5, 0.6) is 0 Å². The van der Waals surface area contributed by atoms with Gasteiger partial charge in [-0.1, -0.05) is 18.6 Å². The standard InChI is InChI=1S/C20H24N4O3/c1-12(16-9-13-6-7-14(16)8-13)22-20(27)23-18(25)10-24-11-21-17-5-3-2-4-15(17)19(24)26/h2-5,11-14,16H,6-10H2,1H3,(H2,22,23,25,27). The fourth-order valence-corrected chi connectivity index (χ4v) is 4.80. The zero-order valence-electron chi connectivity index (χ0n) is 15.4. The summed E-state index contributed by atoms with van der Waals surface area (Å²) >= 11 is 0. The van der Waals surface area contributed by atoms with Crippen LogP contribution in [0.1, 0.15) is 32.6 Å². The summed E-state index contributed by atoms with van der Waals surface area (Å²) in [4.78, 5) is 40.9. The third-order valence-electron chi connectivity index (χ3n) is 6.09. The molecule has 2 N–H and O–H groups in total. The van der Waals surface area contributed by atoms with E-state index in [2.05, 4.69) is 15.6 Å². The third-order valence-corrected chi connectivity index (χ3v) is 6.09. The van der Waals surface area contributed by atoms with E-state index in [0.717, 1.165) is 12.3 Å². The number of nitrogens with zero attached hydrogens (tertiary/aromatic N) is 2. The highest BCUT2D eigenvalue weighted by Gasteiger charge is 2.42. The average molecular weight is 368 g/mol. The van der Waals surface area contributed by atoms with Crippen LogP contribution >= 0.6 is 0 Å². The number of urea groups is 1. The molecule has 2 aliphatic rings. The van der Waals surface area contributed by atoms with Crippen LogP contribution < -0.4 is 16.2 Å². The van der Waals surface area contributed by atoms with Gasteiger partial charge in [-0.3, -0.25) is 19.5 Å². The van der Waals surface area contributed by atoms with E-state index < -0.39 is 11.9 Å². The Morgan fingerprint density at radius 1 is 1.26 bits per heavy atom. The maximum absolute atomic E-state index is 12.4. The van der Waals surface area contributed by atoms with E-state index in [9.17, 15) is 14.4 Å². The van der Waals surface area contributed by atoms with Gasteiger partial charge >= 0.3 is 6.03 Å². The second-order valence-electron chi connectivity index (χ2n) is 7.84. The molecule has 2 fully saturated rings. The monoisotopic (exact) mass is 368 g/mol. The van der Waals surface area contributed by atoms with Crippen molar-refractivity contribution in [1.29, 1.82) is 0 Å². The quantitative estimate of drug-likeness (QED) is 0.864. The van der Waals surface area contributed by atoms with Crippen molar-refractivity contribution in [1.82, 2.24) is 20.2 Å². The Morgan fingerprint density at radius 2 is 2.07 bits per heavy atom. The molecule has 0 radical (unpaired) electrons. The van der Waals surface area contributed by atoms with E-state index in [1.54, 1.807) is 24.3 Å². The zero-order valence-corrected chi connectivity index (χ0v) is 15.4. The predicted molar refractivity (Wildman–Crippen MR) is 101 cm³/mol. The number of aromatic nitrogens is 2. The highest BCUT2D eigenvalue weighted by molar-refractivity contribution is 5.94. The number of imide groups is 1. The fraction of sp³-hybridized carbons (Fsp3) is 0.500. The van der Waals surface area contributed by atoms with E-state index in [1.165, 1.54) is 30.2 Å². The lowest BCUT2D eigenvalue weighted by atomic mass is 9.84. The van der Waals surface area contributed by atoms with Crippen LogP contribution in [0.15, 0.2) is 35.4 Å². The molecule has 3 amide bonds. The maximum atomic E-state index is 12.4. The largest absolute Gasteiger partial charge is 0.335 e. The normalized spacial score (nSPS) is 24.7. The number of hydrogen-bond donors (Lipinski definition) is 2. The van der Waals surface area contributed by atoms with Crippen molar-refractivity contribution in [3.05, 3.63) is 40.9 Å². The van der Waals surface area contributed by atoms with Gasteiger partial charge in [0.25, 0.3) is 5.56 Å².